The molecule has 0 aliphatic heterocycles. The predicted molar refractivity (Wildman–Crippen MR) is 101 cm³/mol. The van der Waals surface area contributed by atoms with Crippen LogP contribution in [0.2, 0.25) is 0 Å². The zero-order valence-electron chi connectivity index (χ0n) is 14.4. The van der Waals surface area contributed by atoms with Crippen molar-refractivity contribution in [1.82, 2.24) is 19.3 Å². The molecule has 1 aliphatic rings. The fourth-order valence-electron chi connectivity index (χ4n) is 3.63. The third-order valence-corrected chi connectivity index (χ3v) is 5.15. The summed E-state index contributed by atoms with van der Waals surface area (Å²) in [5.41, 5.74) is 4.12. The van der Waals surface area contributed by atoms with Gasteiger partial charge in [0.05, 0.1) is 24.9 Å². The normalized spacial score (nSPS) is 14.2. The average molecular weight is 344 g/mol. The second kappa shape index (κ2) is 6.02. The lowest BCUT2D eigenvalue weighted by atomic mass is 10.1. The molecule has 0 radical (unpaired) electrons. The van der Waals surface area contributed by atoms with E-state index >= 15 is 0 Å². The number of pyridine rings is 1. The minimum atomic E-state index is 0.183. The van der Waals surface area contributed by atoms with Crippen LogP contribution in [0, 0.1) is 0 Å². The van der Waals surface area contributed by atoms with Crippen molar-refractivity contribution in [2.75, 3.05) is 0 Å². The largest absolute Gasteiger partial charge is 0.361 e. The lowest BCUT2D eigenvalue weighted by Gasteiger charge is -2.22. The van der Waals surface area contributed by atoms with Crippen molar-refractivity contribution in [2.24, 2.45) is 0 Å². The summed E-state index contributed by atoms with van der Waals surface area (Å²) < 4.78 is 2.06. The Kier molecular flexibility index (Phi) is 3.52. The van der Waals surface area contributed by atoms with Crippen molar-refractivity contribution < 1.29 is 4.79 Å². The Morgan fingerprint density at radius 2 is 2.04 bits per heavy atom. The number of fused-ring (bicyclic) bond motifs is 2. The molecule has 1 saturated carbocycles. The second-order valence-electron chi connectivity index (χ2n) is 6.97. The summed E-state index contributed by atoms with van der Waals surface area (Å²) in [6.45, 7) is 0.608. The van der Waals surface area contributed by atoms with Gasteiger partial charge in [-0.15, -0.1) is 0 Å². The summed E-state index contributed by atoms with van der Waals surface area (Å²) in [6, 6.07) is 14.5. The van der Waals surface area contributed by atoms with Gasteiger partial charge in [0, 0.05) is 29.3 Å². The van der Waals surface area contributed by atoms with Crippen molar-refractivity contribution in [3.63, 3.8) is 0 Å². The van der Waals surface area contributed by atoms with Gasteiger partial charge in [-0.3, -0.25) is 4.79 Å². The van der Waals surface area contributed by atoms with Gasteiger partial charge in [0.2, 0.25) is 5.91 Å². The number of nitrogens with zero attached hydrogens (tertiary/aromatic N) is 3. The highest BCUT2D eigenvalue weighted by Gasteiger charge is 2.33. The number of hydrogen-bond acceptors (Lipinski definition) is 2. The molecule has 130 valence electrons. The number of amides is 1. The molecule has 3 aromatic heterocycles. The first-order chi connectivity index (χ1) is 12.8. The number of imidazole rings is 1. The number of carbonyl (C=O) groups excluding carboxylic acids is 1. The molecular formula is C21H20N4O. The van der Waals surface area contributed by atoms with E-state index in [9.17, 15) is 4.79 Å². The number of benzene rings is 1. The number of aromatic amines is 1. The molecule has 26 heavy (non-hydrogen) atoms. The van der Waals surface area contributed by atoms with E-state index in [2.05, 4.69) is 20.4 Å². The maximum absolute atomic E-state index is 13.1. The molecule has 3 heterocycles. The van der Waals surface area contributed by atoms with Gasteiger partial charge in [-0.2, -0.15) is 0 Å². The van der Waals surface area contributed by atoms with Crippen LogP contribution >= 0.6 is 0 Å². The molecule has 0 saturated heterocycles. The molecule has 4 aromatic rings. The zero-order chi connectivity index (χ0) is 17.5. The Morgan fingerprint density at radius 1 is 1.19 bits per heavy atom. The number of carbonyl (C=O) groups is 1. The van der Waals surface area contributed by atoms with Crippen LogP contribution in [-0.4, -0.2) is 31.2 Å². The first-order valence-electron chi connectivity index (χ1n) is 9.05. The number of H-pyrrole nitrogens is 1. The predicted octanol–water partition coefficient (Wildman–Crippen LogP) is 3.55. The molecular weight excluding hydrogens is 324 g/mol. The van der Waals surface area contributed by atoms with Crippen LogP contribution in [0.1, 0.15) is 24.1 Å². The van der Waals surface area contributed by atoms with Gasteiger partial charge in [-0.1, -0.05) is 24.3 Å². The number of para-hydroxylation sites is 1. The van der Waals surface area contributed by atoms with Crippen LogP contribution in [0.4, 0.5) is 0 Å². The van der Waals surface area contributed by atoms with E-state index in [1.165, 1.54) is 0 Å². The molecule has 5 rings (SSSR count). The highest BCUT2D eigenvalue weighted by molar-refractivity contribution is 5.89. The van der Waals surface area contributed by atoms with Gasteiger partial charge in [0.15, 0.2) is 0 Å². The van der Waals surface area contributed by atoms with E-state index in [0.717, 1.165) is 40.6 Å². The lowest BCUT2D eigenvalue weighted by Crippen LogP contribution is -2.34. The number of nitrogens with one attached hydrogen (secondary N) is 1. The Balaban J connectivity index is 1.41. The van der Waals surface area contributed by atoms with Crippen molar-refractivity contribution in [3.8, 4) is 0 Å². The van der Waals surface area contributed by atoms with E-state index < -0.39 is 0 Å². The smallest absolute Gasteiger partial charge is 0.227 e. The van der Waals surface area contributed by atoms with Gasteiger partial charge >= 0.3 is 0 Å². The molecule has 1 amide bonds. The van der Waals surface area contributed by atoms with Crippen molar-refractivity contribution >= 4 is 22.5 Å². The van der Waals surface area contributed by atoms with Crippen molar-refractivity contribution in [2.45, 2.75) is 31.8 Å². The van der Waals surface area contributed by atoms with Gasteiger partial charge in [0.1, 0.15) is 5.65 Å². The molecule has 5 heteroatoms. The molecule has 0 bridgehead atoms. The van der Waals surface area contributed by atoms with Crippen LogP contribution in [0.3, 0.4) is 0 Å². The maximum atomic E-state index is 13.1. The van der Waals surface area contributed by atoms with Crippen LogP contribution in [-0.2, 0) is 17.8 Å². The topological polar surface area (TPSA) is 53.4 Å². The summed E-state index contributed by atoms with van der Waals surface area (Å²) in [5.74, 6) is 0.183. The summed E-state index contributed by atoms with van der Waals surface area (Å²) in [7, 11) is 0. The van der Waals surface area contributed by atoms with E-state index in [-0.39, 0.29) is 5.91 Å². The highest BCUT2D eigenvalue weighted by Crippen LogP contribution is 2.30. The first kappa shape index (κ1) is 15.2. The number of hydrogen-bond donors (Lipinski definition) is 1. The quantitative estimate of drug-likeness (QED) is 0.602. The third kappa shape index (κ3) is 2.65. The molecule has 0 spiro atoms. The van der Waals surface area contributed by atoms with Crippen LogP contribution in [0.25, 0.3) is 16.6 Å². The second-order valence-corrected chi connectivity index (χ2v) is 6.97. The van der Waals surface area contributed by atoms with Gasteiger partial charge in [0.25, 0.3) is 0 Å². The average Bonchev–Trinajstić information content (AvgIpc) is 3.31. The van der Waals surface area contributed by atoms with E-state index in [0.29, 0.717) is 19.0 Å². The molecule has 1 aliphatic carbocycles. The Morgan fingerprint density at radius 3 is 2.92 bits per heavy atom. The van der Waals surface area contributed by atoms with Crippen LogP contribution in [0.5, 0.6) is 0 Å². The minimum Gasteiger partial charge on any atom is -0.361 e. The summed E-state index contributed by atoms with van der Waals surface area (Å²) in [6.07, 6.45) is 8.46. The molecule has 0 atom stereocenters. The van der Waals surface area contributed by atoms with E-state index in [4.69, 9.17) is 0 Å². The molecule has 1 fully saturated rings. The monoisotopic (exact) mass is 344 g/mol. The molecule has 0 unspecified atom stereocenters. The first-order valence-corrected chi connectivity index (χ1v) is 9.05. The van der Waals surface area contributed by atoms with Crippen molar-refractivity contribution in [3.05, 3.63) is 72.3 Å². The fraction of sp³-hybridized carbons (Fsp3) is 0.238. The standard InChI is InChI=1S/C21H20N4O/c26-21(11-15-12-22-19-6-2-1-5-18(15)19)25(16-8-9-16)14-17-13-23-20-7-3-4-10-24(17)20/h1-7,10,12-13,16,22H,8-9,11,14H2. The molecule has 1 aromatic carbocycles. The zero-order valence-corrected chi connectivity index (χ0v) is 14.4. The van der Waals surface area contributed by atoms with Gasteiger partial charge < -0.3 is 14.3 Å². The van der Waals surface area contributed by atoms with Crippen LogP contribution < -0.4 is 0 Å². The Labute approximate surface area is 151 Å². The minimum absolute atomic E-state index is 0.183. The number of rotatable bonds is 5. The van der Waals surface area contributed by atoms with E-state index in [1.54, 1.807) is 0 Å². The Bertz CT molecular complexity index is 1090. The Hall–Kier alpha value is -3.08. The SMILES string of the molecule is O=C(Cc1c[nH]c2ccccc12)N(Cc1cnc2ccccn12)C1CC1. The third-order valence-electron chi connectivity index (χ3n) is 5.15. The lowest BCUT2D eigenvalue weighted by molar-refractivity contribution is -0.131. The van der Waals surface area contributed by atoms with Crippen molar-refractivity contribution in [1.29, 1.82) is 0 Å². The van der Waals surface area contributed by atoms with Crippen LogP contribution in [0.15, 0.2) is 61.1 Å². The number of aromatic nitrogens is 3. The highest BCUT2D eigenvalue weighted by atomic mass is 16.2. The molecule has 5 nitrogen and oxygen atoms in total. The maximum Gasteiger partial charge on any atom is 0.227 e. The van der Waals surface area contributed by atoms with Gasteiger partial charge in [-0.05, 0) is 36.6 Å². The van der Waals surface area contributed by atoms with E-state index in [1.807, 2.05) is 59.9 Å². The molecule has 1 N–H and O–H groups in total. The van der Waals surface area contributed by atoms with Gasteiger partial charge in [-0.25, -0.2) is 4.98 Å². The summed E-state index contributed by atoms with van der Waals surface area (Å²) in [5, 5.41) is 1.13. The fourth-order valence-corrected chi connectivity index (χ4v) is 3.63. The summed E-state index contributed by atoms with van der Waals surface area (Å²) in [4.78, 5) is 22.8. The summed E-state index contributed by atoms with van der Waals surface area (Å²) >= 11 is 0.